The first-order chi connectivity index (χ1) is 6.13. The summed E-state index contributed by atoms with van der Waals surface area (Å²) >= 11 is 0. The van der Waals surface area contributed by atoms with E-state index in [-0.39, 0.29) is 0 Å². The molecule has 4 nitrogen and oxygen atoms in total. The van der Waals surface area contributed by atoms with Crippen LogP contribution >= 0.6 is 0 Å². The molecule has 1 aromatic carbocycles. The van der Waals surface area contributed by atoms with Gasteiger partial charge in [0.25, 0.3) is 0 Å². The highest BCUT2D eigenvalue weighted by Crippen LogP contribution is 1.79. The molecular formula is C9H10O4. The van der Waals surface area contributed by atoms with Gasteiger partial charge in [0.15, 0.2) is 0 Å². The second kappa shape index (κ2) is 6.84. The fourth-order valence-corrected chi connectivity index (χ4v) is 0.514. The Kier molecular flexibility index (Phi) is 5.88. The lowest BCUT2D eigenvalue weighted by atomic mass is 10.4. The van der Waals surface area contributed by atoms with Crippen LogP contribution in [0.25, 0.3) is 0 Å². The highest BCUT2D eigenvalue weighted by molar-refractivity contribution is 5.88. The van der Waals surface area contributed by atoms with Gasteiger partial charge in [-0.25, -0.2) is 0 Å². The zero-order chi connectivity index (χ0) is 10.1. The molecular weight excluding hydrogens is 172 g/mol. The first-order valence-electron chi connectivity index (χ1n) is 3.56. The molecule has 0 heterocycles. The van der Waals surface area contributed by atoms with Crippen LogP contribution in [0.5, 0.6) is 0 Å². The van der Waals surface area contributed by atoms with Gasteiger partial charge in [-0.15, -0.1) is 0 Å². The van der Waals surface area contributed by atoms with E-state index in [9.17, 15) is 9.59 Å². The Bertz CT molecular complexity index is 217. The minimum Gasteiger partial charge on any atom is -0.481 e. The van der Waals surface area contributed by atoms with Crippen molar-refractivity contribution in [1.29, 1.82) is 0 Å². The quantitative estimate of drug-likeness (QED) is 0.674. The van der Waals surface area contributed by atoms with Gasteiger partial charge in [-0.2, -0.15) is 0 Å². The van der Waals surface area contributed by atoms with Gasteiger partial charge in [0.1, 0.15) is 6.42 Å². The van der Waals surface area contributed by atoms with E-state index in [1.165, 1.54) is 0 Å². The summed E-state index contributed by atoms with van der Waals surface area (Å²) in [5.74, 6) is -2.62. The number of aliphatic carboxylic acids is 2. The summed E-state index contributed by atoms with van der Waals surface area (Å²) in [7, 11) is 0. The van der Waals surface area contributed by atoms with Crippen LogP contribution in [0.2, 0.25) is 0 Å². The molecule has 0 bridgehead atoms. The van der Waals surface area contributed by atoms with E-state index in [0.717, 1.165) is 0 Å². The Balaban J connectivity index is 0.000000223. The van der Waals surface area contributed by atoms with Gasteiger partial charge in [-0.3, -0.25) is 9.59 Å². The van der Waals surface area contributed by atoms with Crippen molar-refractivity contribution in [2.75, 3.05) is 0 Å². The van der Waals surface area contributed by atoms with Crippen LogP contribution in [0.15, 0.2) is 36.4 Å². The second-order valence-electron chi connectivity index (χ2n) is 2.12. The van der Waals surface area contributed by atoms with E-state index in [0.29, 0.717) is 0 Å². The van der Waals surface area contributed by atoms with Crippen molar-refractivity contribution in [3.05, 3.63) is 36.4 Å². The van der Waals surface area contributed by atoms with E-state index < -0.39 is 18.4 Å². The van der Waals surface area contributed by atoms with Crippen molar-refractivity contribution in [1.82, 2.24) is 0 Å². The maximum atomic E-state index is 9.43. The third kappa shape index (κ3) is 10.2. The van der Waals surface area contributed by atoms with E-state index in [4.69, 9.17) is 10.2 Å². The molecule has 2 N–H and O–H groups in total. The number of carboxylic acids is 2. The van der Waals surface area contributed by atoms with Crippen molar-refractivity contribution in [3.63, 3.8) is 0 Å². The van der Waals surface area contributed by atoms with Gasteiger partial charge in [0, 0.05) is 0 Å². The smallest absolute Gasteiger partial charge is 0.314 e. The third-order valence-electron chi connectivity index (χ3n) is 0.969. The average Bonchev–Trinajstić information content (AvgIpc) is 2.06. The monoisotopic (exact) mass is 182 g/mol. The number of rotatable bonds is 2. The van der Waals surface area contributed by atoms with Crippen LogP contribution in [0.1, 0.15) is 6.42 Å². The molecule has 0 aliphatic rings. The number of carbonyl (C=O) groups is 2. The maximum absolute atomic E-state index is 9.43. The fraction of sp³-hybridized carbons (Fsp3) is 0.111. The zero-order valence-electron chi connectivity index (χ0n) is 6.88. The molecule has 0 saturated heterocycles. The Morgan fingerprint density at radius 2 is 1.00 bits per heavy atom. The van der Waals surface area contributed by atoms with Crippen LogP contribution in [0.3, 0.4) is 0 Å². The molecule has 0 amide bonds. The standard InChI is InChI=1S/C6H6.C3H4O4/c1-2-4-6-5-3-1;4-2(5)1-3(6)7/h1-6H;1H2,(H,4,5)(H,6,7). The normalized spacial score (nSPS) is 8.00. The minimum absolute atomic E-state index is 0.806. The van der Waals surface area contributed by atoms with Crippen LogP contribution in [0.4, 0.5) is 0 Å². The summed E-state index contributed by atoms with van der Waals surface area (Å²) in [6, 6.07) is 12.0. The molecule has 0 aromatic heterocycles. The molecule has 1 aromatic rings. The summed E-state index contributed by atoms with van der Waals surface area (Å²) in [5, 5.41) is 15.4. The molecule has 0 atom stereocenters. The van der Waals surface area contributed by atoms with Crippen molar-refractivity contribution in [3.8, 4) is 0 Å². The van der Waals surface area contributed by atoms with Crippen molar-refractivity contribution >= 4 is 11.9 Å². The van der Waals surface area contributed by atoms with Crippen LogP contribution in [-0.2, 0) is 9.59 Å². The van der Waals surface area contributed by atoms with Crippen LogP contribution in [-0.4, -0.2) is 22.2 Å². The maximum Gasteiger partial charge on any atom is 0.314 e. The highest BCUT2D eigenvalue weighted by atomic mass is 16.4. The van der Waals surface area contributed by atoms with Crippen LogP contribution in [0, 0.1) is 0 Å². The van der Waals surface area contributed by atoms with Gasteiger partial charge in [-0.1, -0.05) is 36.4 Å². The number of hydrogen-bond acceptors (Lipinski definition) is 2. The zero-order valence-corrected chi connectivity index (χ0v) is 6.88. The number of benzene rings is 1. The molecule has 0 fully saturated rings. The summed E-state index contributed by atoms with van der Waals surface area (Å²) in [6.45, 7) is 0. The number of carboxylic acid groups (broad SMARTS) is 2. The SMILES string of the molecule is O=C(O)CC(=O)O.c1ccccc1. The van der Waals surface area contributed by atoms with Gasteiger partial charge < -0.3 is 10.2 Å². The summed E-state index contributed by atoms with van der Waals surface area (Å²) in [6.07, 6.45) is -0.806. The molecule has 1 rings (SSSR count). The number of hydrogen-bond donors (Lipinski definition) is 2. The Morgan fingerprint density at radius 3 is 1.08 bits per heavy atom. The Hall–Kier alpha value is -1.84. The van der Waals surface area contributed by atoms with Crippen molar-refractivity contribution in [2.24, 2.45) is 0 Å². The molecule has 0 radical (unpaired) electrons. The van der Waals surface area contributed by atoms with Gasteiger partial charge in [0.2, 0.25) is 0 Å². The van der Waals surface area contributed by atoms with Crippen molar-refractivity contribution in [2.45, 2.75) is 6.42 Å². The first kappa shape index (κ1) is 11.2. The van der Waals surface area contributed by atoms with Crippen molar-refractivity contribution < 1.29 is 19.8 Å². The first-order valence-corrected chi connectivity index (χ1v) is 3.56. The Morgan fingerprint density at radius 1 is 0.769 bits per heavy atom. The lowest BCUT2D eigenvalue weighted by Gasteiger charge is -1.80. The van der Waals surface area contributed by atoms with Gasteiger partial charge in [0.05, 0.1) is 0 Å². The minimum atomic E-state index is -1.31. The van der Waals surface area contributed by atoms with E-state index in [2.05, 4.69) is 0 Å². The molecule has 0 spiro atoms. The predicted octanol–water partition coefficient (Wildman–Crippen LogP) is 1.23. The van der Waals surface area contributed by atoms with Gasteiger partial charge >= 0.3 is 11.9 Å². The van der Waals surface area contributed by atoms with E-state index >= 15 is 0 Å². The summed E-state index contributed by atoms with van der Waals surface area (Å²) in [4.78, 5) is 18.9. The lowest BCUT2D eigenvalue weighted by molar-refractivity contribution is -0.147. The van der Waals surface area contributed by atoms with E-state index in [1.54, 1.807) is 0 Å². The highest BCUT2D eigenvalue weighted by Gasteiger charge is 2.01. The molecule has 0 unspecified atom stereocenters. The summed E-state index contributed by atoms with van der Waals surface area (Å²) < 4.78 is 0. The predicted molar refractivity (Wildman–Crippen MR) is 46.3 cm³/mol. The van der Waals surface area contributed by atoms with Gasteiger partial charge in [-0.05, 0) is 0 Å². The average molecular weight is 182 g/mol. The summed E-state index contributed by atoms with van der Waals surface area (Å²) in [5.41, 5.74) is 0. The molecule has 70 valence electrons. The largest absolute Gasteiger partial charge is 0.481 e. The lowest BCUT2D eigenvalue weighted by Crippen LogP contribution is -2.03. The molecule has 13 heavy (non-hydrogen) atoms. The topological polar surface area (TPSA) is 74.6 Å². The Labute approximate surface area is 75.4 Å². The molecule has 0 saturated carbocycles. The second-order valence-corrected chi connectivity index (χ2v) is 2.12. The fourth-order valence-electron chi connectivity index (χ4n) is 0.514. The molecule has 0 aliphatic carbocycles. The molecule has 4 heteroatoms. The third-order valence-corrected chi connectivity index (χ3v) is 0.969. The molecule has 0 aliphatic heterocycles. The van der Waals surface area contributed by atoms with Crippen LogP contribution < -0.4 is 0 Å². The van der Waals surface area contributed by atoms with E-state index in [1.807, 2.05) is 36.4 Å².